The van der Waals surface area contributed by atoms with Gasteiger partial charge in [0.25, 0.3) is 0 Å². The van der Waals surface area contributed by atoms with Crippen LogP contribution in [0.3, 0.4) is 0 Å². The van der Waals surface area contributed by atoms with Crippen molar-refractivity contribution in [1.29, 1.82) is 0 Å². The molecule has 0 saturated carbocycles. The number of rotatable bonds is 0. The predicted molar refractivity (Wildman–Crippen MR) is 50.8 cm³/mol. The van der Waals surface area contributed by atoms with Crippen molar-refractivity contribution >= 4 is 11.8 Å². The largest absolute Gasteiger partial charge is 0.376 e. The summed E-state index contributed by atoms with van der Waals surface area (Å²) in [6, 6.07) is 0. The molecule has 11 heavy (non-hydrogen) atoms. The monoisotopic (exact) mass is 169 g/mol. The third-order valence-electron chi connectivity index (χ3n) is 2.54. The van der Waals surface area contributed by atoms with Gasteiger partial charge in [-0.2, -0.15) is 11.8 Å². The van der Waals surface area contributed by atoms with E-state index in [1.807, 2.05) is 0 Å². The first kappa shape index (κ1) is 7.53. The number of thioether (sulfide) groups is 1. The summed E-state index contributed by atoms with van der Waals surface area (Å²) in [5.41, 5.74) is 1.60. The highest BCUT2D eigenvalue weighted by Crippen LogP contribution is 2.33. The first-order chi connectivity index (χ1) is 5.38. The number of fused-ring (bicyclic) bond motifs is 1. The number of allylic oxidation sites excluding steroid dienone is 1. The highest BCUT2D eigenvalue weighted by molar-refractivity contribution is 8.00. The summed E-state index contributed by atoms with van der Waals surface area (Å²) in [7, 11) is 2.23. The van der Waals surface area contributed by atoms with Crippen LogP contribution in [0.4, 0.5) is 0 Å². The summed E-state index contributed by atoms with van der Waals surface area (Å²) in [5, 5.41) is 0.836. The molecule has 0 bridgehead atoms. The molecular weight excluding hydrogens is 154 g/mol. The molecule has 0 amide bonds. The van der Waals surface area contributed by atoms with Crippen molar-refractivity contribution in [2.24, 2.45) is 0 Å². The molecule has 1 heterocycles. The Morgan fingerprint density at radius 1 is 1.64 bits per heavy atom. The van der Waals surface area contributed by atoms with Crippen LogP contribution in [0, 0.1) is 0 Å². The molecule has 1 saturated heterocycles. The maximum absolute atomic E-state index is 2.43. The number of hydrogen-bond donors (Lipinski definition) is 0. The minimum absolute atomic E-state index is 0.836. The van der Waals surface area contributed by atoms with Crippen LogP contribution in [0.2, 0.25) is 0 Å². The second-order valence-electron chi connectivity index (χ2n) is 3.34. The molecule has 0 N–H and O–H groups in total. The molecule has 1 unspecified atom stereocenters. The van der Waals surface area contributed by atoms with Crippen molar-refractivity contribution in [2.75, 3.05) is 19.3 Å². The Morgan fingerprint density at radius 2 is 2.55 bits per heavy atom. The normalized spacial score (nSPS) is 31.2. The zero-order valence-electron chi connectivity index (χ0n) is 7.05. The summed E-state index contributed by atoms with van der Waals surface area (Å²) < 4.78 is 0. The molecule has 0 aromatic carbocycles. The van der Waals surface area contributed by atoms with Crippen molar-refractivity contribution < 1.29 is 0 Å². The van der Waals surface area contributed by atoms with Gasteiger partial charge in [-0.15, -0.1) is 0 Å². The Balaban J connectivity index is 2.14. The second-order valence-corrected chi connectivity index (χ2v) is 4.65. The van der Waals surface area contributed by atoms with Gasteiger partial charge in [-0.1, -0.05) is 6.08 Å². The minimum atomic E-state index is 0.836. The fourth-order valence-corrected chi connectivity index (χ4v) is 3.31. The molecule has 62 valence electrons. The summed E-state index contributed by atoms with van der Waals surface area (Å²) in [5.74, 6) is 1.32. The van der Waals surface area contributed by atoms with E-state index in [2.05, 4.69) is 29.8 Å². The van der Waals surface area contributed by atoms with Gasteiger partial charge in [0.15, 0.2) is 0 Å². The molecule has 1 aliphatic carbocycles. The molecule has 0 aromatic rings. The molecule has 2 heteroatoms. The third kappa shape index (κ3) is 1.41. The average Bonchev–Trinajstić information content (AvgIpc) is 2.06. The Hall–Kier alpha value is -0.110. The van der Waals surface area contributed by atoms with Crippen molar-refractivity contribution in [1.82, 2.24) is 4.90 Å². The maximum atomic E-state index is 2.43. The van der Waals surface area contributed by atoms with Crippen LogP contribution in [0.15, 0.2) is 11.8 Å². The SMILES string of the molecule is CN1CCSC2CCCC=C21. The zero-order valence-corrected chi connectivity index (χ0v) is 7.86. The van der Waals surface area contributed by atoms with E-state index in [0.29, 0.717) is 0 Å². The molecule has 1 nitrogen and oxygen atoms in total. The lowest BCUT2D eigenvalue weighted by molar-refractivity contribution is 0.402. The molecule has 1 aliphatic heterocycles. The van der Waals surface area contributed by atoms with Crippen LogP contribution >= 0.6 is 11.8 Å². The molecular formula is C9H15NS. The molecule has 0 radical (unpaired) electrons. The summed E-state index contributed by atoms with van der Waals surface area (Å²) in [6.07, 6.45) is 6.53. The summed E-state index contributed by atoms with van der Waals surface area (Å²) in [6.45, 7) is 1.24. The van der Waals surface area contributed by atoms with E-state index in [-0.39, 0.29) is 0 Å². The van der Waals surface area contributed by atoms with E-state index in [1.165, 1.54) is 31.6 Å². The van der Waals surface area contributed by atoms with Crippen LogP contribution in [0.5, 0.6) is 0 Å². The van der Waals surface area contributed by atoms with Crippen molar-refractivity contribution in [3.63, 3.8) is 0 Å². The molecule has 0 aromatic heterocycles. The van der Waals surface area contributed by atoms with Gasteiger partial charge in [0.1, 0.15) is 0 Å². The molecule has 1 fully saturated rings. The quantitative estimate of drug-likeness (QED) is 0.546. The summed E-state index contributed by atoms with van der Waals surface area (Å²) in [4.78, 5) is 2.43. The van der Waals surface area contributed by atoms with Gasteiger partial charge in [0.05, 0.1) is 0 Å². The highest BCUT2D eigenvalue weighted by atomic mass is 32.2. The Labute approximate surface area is 72.8 Å². The second kappa shape index (κ2) is 3.10. The van der Waals surface area contributed by atoms with Gasteiger partial charge < -0.3 is 4.90 Å². The molecule has 2 rings (SSSR count). The van der Waals surface area contributed by atoms with Crippen molar-refractivity contribution in [3.8, 4) is 0 Å². The Morgan fingerprint density at radius 3 is 3.36 bits per heavy atom. The topological polar surface area (TPSA) is 3.24 Å². The fraction of sp³-hybridized carbons (Fsp3) is 0.778. The highest BCUT2D eigenvalue weighted by Gasteiger charge is 2.24. The van der Waals surface area contributed by atoms with Gasteiger partial charge in [-0.3, -0.25) is 0 Å². The average molecular weight is 169 g/mol. The first-order valence-electron chi connectivity index (χ1n) is 4.41. The standard InChI is InChI=1S/C9H15NS/c1-10-6-7-11-9-5-3-2-4-8(9)10/h4,9H,2-3,5-7H2,1H3. The van der Waals surface area contributed by atoms with Gasteiger partial charge in [0, 0.05) is 30.3 Å². The van der Waals surface area contributed by atoms with E-state index in [9.17, 15) is 0 Å². The van der Waals surface area contributed by atoms with E-state index in [0.717, 1.165) is 5.25 Å². The van der Waals surface area contributed by atoms with E-state index < -0.39 is 0 Å². The lowest BCUT2D eigenvalue weighted by Gasteiger charge is -2.36. The first-order valence-corrected chi connectivity index (χ1v) is 5.45. The fourth-order valence-electron chi connectivity index (χ4n) is 1.86. The van der Waals surface area contributed by atoms with E-state index in [4.69, 9.17) is 0 Å². The van der Waals surface area contributed by atoms with Crippen LogP contribution < -0.4 is 0 Å². The third-order valence-corrected chi connectivity index (χ3v) is 3.84. The smallest absolute Gasteiger partial charge is 0.0444 e. The summed E-state index contributed by atoms with van der Waals surface area (Å²) >= 11 is 2.14. The maximum Gasteiger partial charge on any atom is 0.0444 e. The van der Waals surface area contributed by atoms with E-state index >= 15 is 0 Å². The van der Waals surface area contributed by atoms with Crippen LogP contribution in [-0.4, -0.2) is 29.5 Å². The Kier molecular flexibility index (Phi) is 2.12. The number of hydrogen-bond acceptors (Lipinski definition) is 2. The van der Waals surface area contributed by atoms with Crippen LogP contribution in [0.25, 0.3) is 0 Å². The van der Waals surface area contributed by atoms with Crippen LogP contribution in [-0.2, 0) is 0 Å². The van der Waals surface area contributed by atoms with Gasteiger partial charge in [-0.25, -0.2) is 0 Å². The molecule has 0 spiro atoms. The molecule has 2 aliphatic rings. The Bertz CT molecular complexity index is 176. The van der Waals surface area contributed by atoms with Gasteiger partial charge in [0.2, 0.25) is 0 Å². The van der Waals surface area contributed by atoms with Crippen LogP contribution in [0.1, 0.15) is 19.3 Å². The molecule has 1 atom stereocenters. The van der Waals surface area contributed by atoms with Gasteiger partial charge in [-0.05, 0) is 19.3 Å². The lowest BCUT2D eigenvalue weighted by atomic mass is 10.0. The van der Waals surface area contributed by atoms with Crippen molar-refractivity contribution in [2.45, 2.75) is 24.5 Å². The zero-order chi connectivity index (χ0) is 7.68. The van der Waals surface area contributed by atoms with E-state index in [1.54, 1.807) is 5.70 Å². The minimum Gasteiger partial charge on any atom is -0.376 e. The predicted octanol–water partition coefficient (Wildman–Crippen LogP) is 2.10. The van der Waals surface area contributed by atoms with Crippen molar-refractivity contribution in [3.05, 3.63) is 11.8 Å². The lowest BCUT2D eigenvalue weighted by Crippen LogP contribution is -2.33. The van der Waals surface area contributed by atoms with Gasteiger partial charge >= 0.3 is 0 Å². The number of nitrogens with zero attached hydrogens (tertiary/aromatic N) is 1.